The molecule has 6 heteroatoms. The van der Waals surface area contributed by atoms with Crippen molar-refractivity contribution in [2.24, 2.45) is 11.7 Å². The van der Waals surface area contributed by atoms with Crippen LogP contribution < -0.4 is 11.1 Å². The highest BCUT2D eigenvalue weighted by Crippen LogP contribution is 2.09. The third-order valence-electron chi connectivity index (χ3n) is 3.64. The van der Waals surface area contributed by atoms with Crippen LogP contribution in [0.3, 0.4) is 0 Å². The van der Waals surface area contributed by atoms with Crippen LogP contribution in [0.4, 0.5) is 5.69 Å². The zero-order valence-corrected chi connectivity index (χ0v) is 13.0. The molecule has 2 atom stereocenters. The monoisotopic (exact) mass is 281 g/mol. The Labute approximate surface area is 121 Å². The molecule has 0 aromatic carbocycles. The van der Waals surface area contributed by atoms with Crippen molar-refractivity contribution in [1.29, 1.82) is 0 Å². The fraction of sp³-hybridized carbons (Fsp3) is 0.714. The van der Waals surface area contributed by atoms with Gasteiger partial charge in [0.15, 0.2) is 0 Å². The number of carbonyl (C=O) groups excluding carboxylic acids is 1. The van der Waals surface area contributed by atoms with Crippen LogP contribution >= 0.6 is 0 Å². The van der Waals surface area contributed by atoms with Crippen LogP contribution in [0.25, 0.3) is 0 Å². The van der Waals surface area contributed by atoms with Crippen LogP contribution in [0.1, 0.15) is 27.7 Å². The standard InChI is InChI=1S/C14H27N5O/c1-5-18(6-2)7-8-19-10-13(9-16-19)17-14(20)11(3)12(4)15/h9-12H,5-8,15H2,1-4H3,(H,17,20). The number of hydrogen-bond acceptors (Lipinski definition) is 4. The van der Waals surface area contributed by atoms with Gasteiger partial charge in [0.1, 0.15) is 0 Å². The van der Waals surface area contributed by atoms with Gasteiger partial charge in [-0.2, -0.15) is 5.10 Å². The average Bonchev–Trinajstić information content (AvgIpc) is 2.86. The molecule has 6 nitrogen and oxygen atoms in total. The summed E-state index contributed by atoms with van der Waals surface area (Å²) in [7, 11) is 0. The van der Waals surface area contributed by atoms with E-state index in [1.807, 2.05) is 24.7 Å². The normalized spacial score (nSPS) is 14.3. The molecule has 1 aromatic heterocycles. The molecule has 0 spiro atoms. The number of rotatable bonds is 8. The first kappa shape index (κ1) is 16.7. The van der Waals surface area contributed by atoms with Crippen LogP contribution in [-0.4, -0.2) is 46.3 Å². The Bertz CT molecular complexity index is 411. The van der Waals surface area contributed by atoms with Crippen molar-refractivity contribution in [1.82, 2.24) is 14.7 Å². The molecule has 0 aliphatic rings. The second-order valence-electron chi connectivity index (χ2n) is 5.16. The lowest BCUT2D eigenvalue weighted by Crippen LogP contribution is -2.34. The molecule has 20 heavy (non-hydrogen) atoms. The van der Waals surface area contributed by atoms with E-state index in [0.717, 1.165) is 31.9 Å². The van der Waals surface area contributed by atoms with E-state index >= 15 is 0 Å². The highest BCUT2D eigenvalue weighted by Gasteiger charge is 2.17. The zero-order chi connectivity index (χ0) is 15.1. The van der Waals surface area contributed by atoms with E-state index in [-0.39, 0.29) is 17.9 Å². The Hall–Kier alpha value is -1.40. The van der Waals surface area contributed by atoms with E-state index in [2.05, 4.69) is 29.2 Å². The van der Waals surface area contributed by atoms with E-state index in [1.165, 1.54) is 0 Å². The molecule has 0 aliphatic heterocycles. The number of nitrogens with two attached hydrogens (primary N) is 1. The van der Waals surface area contributed by atoms with Crippen molar-refractivity contribution in [2.75, 3.05) is 25.0 Å². The van der Waals surface area contributed by atoms with Crippen LogP contribution in [0.2, 0.25) is 0 Å². The number of carbonyl (C=O) groups is 1. The molecule has 1 aromatic rings. The van der Waals surface area contributed by atoms with Crippen molar-refractivity contribution in [3.63, 3.8) is 0 Å². The largest absolute Gasteiger partial charge is 0.327 e. The highest BCUT2D eigenvalue weighted by molar-refractivity contribution is 5.92. The number of likely N-dealkylation sites (N-methyl/N-ethyl adjacent to an activating group) is 1. The van der Waals surface area contributed by atoms with Gasteiger partial charge in [-0.25, -0.2) is 0 Å². The lowest BCUT2D eigenvalue weighted by molar-refractivity contribution is -0.119. The fourth-order valence-electron chi connectivity index (χ4n) is 1.83. The van der Waals surface area contributed by atoms with E-state index in [1.54, 1.807) is 6.20 Å². The van der Waals surface area contributed by atoms with E-state index in [0.29, 0.717) is 0 Å². The van der Waals surface area contributed by atoms with Crippen molar-refractivity contribution in [3.05, 3.63) is 12.4 Å². The van der Waals surface area contributed by atoms with Crippen LogP contribution in [-0.2, 0) is 11.3 Å². The van der Waals surface area contributed by atoms with Crippen molar-refractivity contribution < 1.29 is 4.79 Å². The van der Waals surface area contributed by atoms with Gasteiger partial charge in [0.2, 0.25) is 5.91 Å². The Kier molecular flexibility index (Phi) is 6.67. The summed E-state index contributed by atoms with van der Waals surface area (Å²) in [5, 5.41) is 7.10. The summed E-state index contributed by atoms with van der Waals surface area (Å²) >= 11 is 0. The third-order valence-corrected chi connectivity index (χ3v) is 3.64. The second-order valence-corrected chi connectivity index (χ2v) is 5.16. The molecule has 0 radical (unpaired) electrons. The maximum absolute atomic E-state index is 11.9. The topological polar surface area (TPSA) is 76.2 Å². The van der Waals surface area contributed by atoms with Gasteiger partial charge in [0, 0.05) is 18.8 Å². The number of amides is 1. The van der Waals surface area contributed by atoms with Crippen LogP contribution in [0.15, 0.2) is 12.4 Å². The minimum absolute atomic E-state index is 0.0664. The summed E-state index contributed by atoms with van der Waals surface area (Å²) < 4.78 is 1.85. The molecule has 1 heterocycles. The quantitative estimate of drug-likeness (QED) is 0.749. The SMILES string of the molecule is CCN(CC)CCn1cc(NC(=O)C(C)C(C)N)cn1. The summed E-state index contributed by atoms with van der Waals surface area (Å²) in [6.45, 7) is 11.8. The van der Waals surface area contributed by atoms with Crippen molar-refractivity contribution >= 4 is 11.6 Å². The van der Waals surface area contributed by atoms with E-state index in [9.17, 15) is 4.79 Å². The number of aromatic nitrogens is 2. The Morgan fingerprint density at radius 1 is 1.45 bits per heavy atom. The number of hydrogen-bond donors (Lipinski definition) is 2. The summed E-state index contributed by atoms with van der Waals surface area (Å²) in [5.41, 5.74) is 6.44. The summed E-state index contributed by atoms with van der Waals surface area (Å²) in [5.74, 6) is -0.280. The van der Waals surface area contributed by atoms with Crippen molar-refractivity contribution in [2.45, 2.75) is 40.3 Å². The van der Waals surface area contributed by atoms with Crippen LogP contribution in [0, 0.1) is 5.92 Å². The van der Waals surface area contributed by atoms with E-state index < -0.39 is 0 Å². The van der Waals surface area contributed by atoms with E-state index in [4.69, 9.17) is 5.73 Å². The lowest BCUT2D eigenvalue weighted by atomic mass is 10.0. The van der Waals surface area contributed by atoms with Crippen molar-refractivity contribution in [3.8, 4) is 0 Å². The lowest BCUT2D eigenvalue weighted by Gasteiger charge is -2.17. The first-order valence-corrected chi connectivity index (χ1v) is 7.29. The second kappa shape index (κ2) is 8.01. The maximum Gasteiger partial charge on any atom is 0.228 e. The van der Waals surface area contributed by atoms with Gasteiger partial charge >= 0.3 is 0 Å². The molecular weight excluding hydrogens is 254 g/mol. The molecule has 0 saturated carbocycles. The van der Waals surface area contributed by atoms with Gasteiger partial charge in [-0.05, 0) is 20.0 Å². The molecule has 0 saturated heterocycles. The predicted molar refractivity (Wildman–Crippen MR) is 81.5 cm³/mol. The highest BCUT2D eigenvalue weighted by atomic mass is 16.1. The molecular formula is C14H27N5O. The molecule has 0 fully saturated rings. The molecule has 1 rings (SSSR count). The zero-order valence-electron chi connectivity index (χ0n) is 13.0. The van der Waals surface area contributed by atoms with Gasteiger partial charge in [-0.1, -0.05) is 20.8 Å². The molecule has 1 amide bonds. The maximum atomic E-state index is 11.9. The minimum Gasteiger partial charge on any atom is -0.327 e. The van der Waals surface area contributed by atoms with Gasteiger partial charge in [0.05, 0.1) is 24.3 Å². The van der Waals surface area contributed by atoms with Gasteiger partial charge < -0.3 is 16.0 Å². The predicted octanol–water partition coefficient (Wildman–Crippen LogP) is 1.15. The molecule has 2 unspecified atom stereocenters. The summed E-state index contributed by atoms with van der Waals surface area (Å²) in [4.78, 5) is 14.2. The first-order chi connectivity index (χ1) is 9.47. The van der Waals surface area contributed by atoms with Crippen LogP contribution in [0.5, 0.6) is 0 Å². The van der Waals surface area contributed by atoms with Gasteiger partial charge in [-0.15, -0.1) is 0 Å². The molecule has 0 aliphatic carbocycles. The van der Waals surface area contributed by atoms with Gasteiger partial charge in [-0.3, -0.25) is 9.48 Å². The Morgan fingerprint density at radius 3 is 2.65 bits per heavy atom. The number of nitrogens with one attached hydrogen (secondary N) is 1. The minimum atomic E-state index is -0.214. The fourth-order valence-corrected chi connectivity index (χ4v) is 1.83. The first-order valence-electron chi connectivity index (χ1n) is 7.29. The smallest absolute Gasteiger partial charge is 0.228 e. The average molecular weight is 281 g/mol. The van der Waals surface area contributed by atoms with Gasteiger partial charge in [0.25, 0.3) is 0 Å². The molecule has 3 N–H and O–H groups in total. The molecule has 114 valence electrons. The number of anilines is 1. The molecule has 0 bridgehead atoms. The Morgan fingerprint density at radius 2 is 2.10 bits per heavy atom. The Balaban J connectivity index is 2.49. The summed E-state index contributed by atoms with van der Waals surface area (Å²) in [6.07, 6.45) is 3.53. The number of nitrogens with zero attached hydrogens (tertiary/aromatic N) is 3. The third kappa shape index (κ3) is 4.94. The summed E-state index contributed by atoms with van der Waals surface area (Å²) in [6, 6.07) is -0.160.